The quantitative estimate of drug-likeness (QED) is 0.692. The van der Waals surface area contributed by atoms with Crippen molar-refractivity contribution in [2.75, 3.05) is 57.3 Å². The summed E-state index contributed by atoms with van der Waals surface area (Å²) >= 11 is 0. The molecule has 1 aromatic rings. The van der Waals surface area contributed by atoms with E-state index in [0.717, 1.165) is 37.7 Å². The number of anilines is 2. The summed E-state index contributed by atoms with van der Waals surface area (Å²) in [6.07, 6.45) is 4.56. The van der Waals surface area contributed by atoms with Crippen LogP contribution in [0, 0.1) is 0 Å². The molecule has 0 atom stereocenters. The Morgan fingerprint density at radius 1 is 1.16 bits per heavy atom. The van der Waals surface area contributed by atoms with Crippen molar-refractivity contribution >= 4 is 11.6 Å². The Morgan fingerprint density at radius 2 is 1.84 bits per heavy atom. The van der Waals surface area contributed by atoms with E-state index in [9.17, 15) is 0 Å². The molecular weight excluding hydrogens is 244 g/mol. The molecule has 0 aliphatic carbocycles. The third-order valence-corrected chi connectivity index (χ3v) is 2.63. The lowest BCUT2D eigenvalue weighted by Crippen LogP contribution is -2.31. The summed E-state index contributed by atoms with van der Waals surface area (Å²) in [4.78, 5) is 10.9. The van der Waals surface area contributed by atoms with Gasteiger partial charge in [-0.05, 0) is 6.42 Å². The maximum atomic E-state index is 5.12. The molecule has 6 heteroatoms. The molecular formula is C13H24N4O2. The minimum absolute atomic E-state index is 0.651. The summed E-state index contributed by atoms with van der Waals surface area (Å²) in [6, 6.07) is 0. The van der Waals surface area contributed by atoms with Crippen molar-refractivity contribution < 1.29 is 9.47 Å². The second kappa shape index (κ2) is 9.52. The van der Waals surface area contributed by atoms with E-state index < -0.39 is 0 Å². The standard InChI is InChI=1S/C13H24N4O2/c1-4-5-15-12-10-14-11-13(16-12)17(6-8-18-2)7-9-19-3/h10-11H,4-9H2,1-3H3,(H,15,16). The first kappa shape index (κ1) is 15.7. The lowest BCUT2D eigenvalue weighted by Gasteiger charge is -2.23. The van der Waals surface area contributed by atoms with Crippen molar-refractivity contribution in [1.82, 2.24) is 9.97 Å². The number of hydrogen-bond donors (Lipinski definition) is 1. The maximum Gasteiger partial charge on any atom is 0.149 e. The van der Waals surface area contributed by atoms with Gasteiger partial charge in [0, 0.05) is 33.9 Å². The Kier molecular flexibility index (Phi) is 7.84. The van der Waals surface area contributed by atoms with Gasteiger partial charge in [0.1, 0.15) is 11.6 Å². The van der Waals surface area contributed by atoms with E-state index in [0.29, 0.717) is 13.2 Å². The van der Waals surface area contributed by atoms with Crippen molar-refractivity contribution in [2.45, 2.75) is 13.3 Å². The van der Waals surface area contributed by atoms with Crippen molar-refractivity contribution in [1.29, 1.82) is 0 Å². The van der Waals surface area contributed by atoms with Crippen LogP contribution in [0.1, 0.15) is 13.3 Å². The monoisotopic (exact) mass is 268 g/mol. The molecule has 0 spiro atoms. The average Bonchev–Trinajstić information content (AvgIpc) is 2.45. The molecule has 0 saturated carbocycles. The van der Waals surface area contributed by atoms with Crippen LogP contribution < -0.4 is 10.2 Å². The first-order valence-corrected chi connectivity index (χ1v) is 6.60. The van der Waals surface area contributed by atoms with E-state index in [4.69, 9.17) is 9.47 Å². The Morgan fingerprint density at radius 3 is 2.42 bits per heavy atom. The fourth-order valence-electron chi connectivity index (χ4n) is 1.59. The van der Waals surface area contributed by atoms with Crippen molar-refractivity contribution in [3.05, 3.63) is 12.4 Å². The third-order valence-electron chi connectivity index (χ3n) is 2.63. The fourth-order valence-corrected chi connectivity index (χ4v) is 1.59. The van der Waals surface area contributed by atoms with Crippen LogP contribution in [0.25, 0.3) is 0 Å². The largest absolute Gasteiger partial charge is 0.383 e. The molecule has 0 bridgehead atoms. The molecule has 6 nitrogen and oxygen atoms in total. The van der Waals surface area contributed by atoms with Crippen LogP contribution >= 0.6 is 0 Å². The predicted octanol–water partition coefficient (Wildman–Crippen LogP) is 1.40. The number of methoxy groups -OCH3 is 2. The van der Waals surface area contributed by atoms with Crippen molar-refractivity contribution in [3.8, 4) is 0 Å². The molecule has 0 saturated heterocycles. The van der Waals surface area contributed by atoms with Crippen LogP contribution in [0.2, 0.25) is 0 Å². The van der Waals surface area contributed by atoms with Gasteiger partial charge in [-0.25, -0.2) is 4.98 Å². The van der Waals surface area contributed by atoms with Gasteiger partial charge in [-0.2, -0.15) is 0 Å². The van der Waals surface area contributed by atoms with Crippen LogP contribution in [0.3, 0.4) is 0 Å². The highest BCUT2D eigenvalue weighted by Gasteiger charge is 2.08. The SMILES string of the molecule is CCCNc1cncc(N(CCOC)CCOC)n1. The van der Waals surface area contributed by atoms with Gasteiger partial charge in [0.05, 0.1) is 25.6 Å². The summed E-state index contributed by atoms with van der Waals surface area (Å²) in [5.41, 5.74) is 0. The zero-order valence-corrected chi connectivity index (χ0v) is 12.1. The van der Waals surface area contributed by atoms with Gasteiger partial charge >= 0.3 is 0 Å². The second-order valence-electron chi connectivity index (χ2n) is 4.16. The van der Waals surface area contributed by atoms with E-state index in [1.54, 1.807) is 26.6 Å². The average molecular weight is 268 g/mol. The molecule has 1 heterocycles. The molecule has 0 aliphatic heterocycles. The second-order valence-corrected chi connectivity index (χ2v) is 4.16. The first-order chi connectivity index (χ1) is 9.31. The van der Waals surface area contributed by atoms with Gasteiger partial charge in [-0.3, -0.25) is 4.98 Å². The highest BCUT2D eigenvalue weighted by atomic mass is 16.5. The topological polar surface area (TPSA) is 59.5 Å². The summed E-state index contributed by atoms with van der Waals surface area (Å²) in [6.45, 7) is 5.86. The van der Waals surface area contributed by atoms with Crippen molar-refractivity contribution in [2.24, 2.45) is 0 Å². The Hall–Kier alpha value is -1.40. The summed E-state index contributed by atoms with van der Waals surface area (Å²) in [5, 5.41) is 3.24. The number of ether oxygens (including phenoxy) is 2. The Labute approximate surface area is 115 Å². The predicted molar refractivity (Wildman–Crippen MR) is 76.8 cm³/mol. The third kappa shape index (κ3) is 5.85. The number of hydrogen-bond acceptors (Lipinski definition) is 6. The van der Waals surface area contributed by atoms with E-state index in [1.165, 1.54) is 0 Å². The molecule has 1 N–H and O–H groups in total. The van der Waals surface area contributed by atoms with E-state index in [2.05, 4.69) is 27.1 Å². The molecule has 0 radical (unpaired) electrons. The molecule has 1 aromatic heterocycles. The first-order valence-electron chi connectivity index (χ1n) is 6.60. The Bertz CT molecular complexity index is 341. The van der Waals surface area contributed by atoms with Gasteiger partial charge in [0.15, 0.2) is 0 Å². The highest BCUT2D eigenvalue weighted by Crippen LogP contribution is 2.12. The summed E-state index contributed by atoms with van der Waals surface area (Å²) in [5.74, 6) is 1.65. The van der Waals surface area contributed by atoms with Crippen LogP contribution in [0.4, 0.5) is 11.6 Å². The number of rotatable bonds is 10. The van der Waals surface area contributed by atoms with Gasteiger partial charge in [0.25, 0.3) is 0 Å². The van der Waals surface area contributed by atoms with Gasteiger partial charge in [-0.1, -0.05) is 6.92 Å². The number of nitrogens with one attached hydrogen (secondary N) is 1. The van der Waals surface area contributed by atoms with Crippen LogP contribution in [0.15, 0.2) is 12.4 Å². The summed E-state index contributed by atoms with van der Waals surface area (Å²) < 4.78 is 10.2. The molecule has 0 amide bonds. The zero-order chi connectivity index (χ0) is 13.9. The maximum absolute atomic E-state index is 5.12. The Balaban J connectivity index is 2.69. The van der Waals surface area contributed by atoms with E-state index >= 15 is 0 Å². The van der Waals surface area contributed by atoms with E-state index in [1.807, 2.05) is 0 Å². The zero-order valence-electron chi connectivity index (χ0n) is 12.1. The van der Waals surface area contributed by atoms with E-state index in [-0.39, 0.29) is 0 Å². The highest BCUT2D eigenvalue weighted by molar-refractivity contribution is 5.43. The van der Waals surface area contributed by atoms with Crippen LogP contribution in [0.5, 0.6) is 0 Å². The van der Waals surface area contributed by atoms with Crippen LogP contribution in [-0.2, 0) is 9.47 Å². The van der Waals surface area contributed by atoms with Crippen molar-refractivity contribution in [3.63, 3.8) is 0 Å². The molecule has 0 unspecified atom stereocenters. The number of nitrogens with zero attached hydrogens (tertiary/aromatic N) is 3. The van der Waals surface area contributed by atoms with Gasteiger partial charge in [-0.15, -0.1) is 0 Å². The van der Waals surface area contributed by atoms with Gasteiger partial charge < -0.3 is 19.7 Å². The minimum Gasteiger partial charge on any atom is -0.383 e. The molecule has 0 aromatic carbocycles. The number of aromatic nitrogens is 2. The van der Waals surface area contributed by atoms with Crippen LogP contribution in [-0.4, -0.2) is 57.0 Å². The lowest BCUT2D eigenvalue weighted by atomic mass is 10.4. The fraction of sp³-hybridized carbons (Fsp3) is 0.692. The molecule has 19 heavy (non-hydrogen) atoms. The summed E-state index contributed by atoms with van der Waals surface area (Å²) in [7, 11) is 3.39. The lowest BCUT2D eigenvalue weighted by molar-refractivity contribution is 0.190. The molecule has 108 valence electrons. The molecule has 0 aliphatic rings. The molecule has 0 fully saturated rings. The normalized spacial score (nSPS) is 10.5. The van der Waals surface area contributed by atoms with Gasteiger partial charge in [0.2, 0.25) is 0 Å². The smallest absolute Gasteiger partial charge is 0.149 e. The minimum atomic E-state index is 0.651. The molecule has 1 rings (SSSR count).